The number of carbonyl (C=O) groups excluding carboxylic acids is 1. The number of rotatable bonds is 8. The van der Waals surface area contributed by atoms with Crippen LogP contribution in [0.2, 0.25) is 0 Å². The van der Waals surface area contributed by atoms with Gasteiger partial charge in [-0.05, 0) is 44.4 Å². The smallest absolute Gasteiger partial charge is 0.192 e. The number of ketones is 1. The minimum absolute atomic E-state index is 0.0996. The third-order valence-electron chi connectivity index (χ3n) is 2.92. The van der Waals surface area contributed by atoms with E-state index in [2.05, 4.69) is 13.5 Å². The first-order valence-corrected chi connectivity index (χ1v) is 7.18. The average Bonchev–Trinajstić information content (AvgIpc) is 2.42. The van der Waals surface area contributed by atoms with Crippen molar-refractivity contribution in [3.63, 3.8) is 0 Å². The van der Waals surface area contributed by atoms with E-state index in [1.165, 1.54) is 0 Å². The summed E-state index contributed by atoms with van der Waals surface area (Å²) in [6, 6.07) is 3.77. The lowest BCUT2D eigenvalue weighted by Gasteiger charge is -2.18. The second-order valence-electron chi connectivity index (χ2n) is 4.66. The van der Waals surface area contributed by atoms with Gasteiger partial charge in [-0.2, -0.15) is 0 Å². The molecule has 0 bridgehead atoms. The van der Waals surface area contributed by atoms with E-state index in [-0.39, 0.29) is 5.78 Å². The van der Waals surface area contributed by atoms with Gasteiger partial charge in [0.1, 0.15) is 0 Å². The molecule has 1 aromatic carbocycles. The molecule has 0 unspecified atom stereocenters. The molecule has 0 saturated carbocycles. The monoisotopic (exact) mass is 276 g/mol. The topological polar surface area (TPSA) is 35.5 Å². The van der Waals surface area contributed by atoms with Crippen molar-refractivity contribution < 1.29 is 14.3 Å². The highest BCUT2D eigenvalue weighted by Gasteiger charge is 2.20. The Morgan fingerprint density at radius 3 is 2.20 bits per heavy atom. The number of Topliss-reactive ketones (excluding diaryl/α,β-unsaturated/α-hetero) is 1. The summed E-state index contributed by atoms with van der Waals surface area (Å²) in [5, 5.41) is 0. The molecule has 1 rings (SSSR count). The predicted octanol–water partition coefficient (Wildman–Crippen LogP) is 4.20. The van der Waals surface area contributed by atoms with Gasteiger partial charge >= 0.3 is 0 Å². The third kappa shape index (κ3) is 3.62. The highest BCUT2D eigenvalue weighted by molar-refractivity contribution is 6.10. The number of hydrogen-bond acceptors (Lipinski definition) is 3. The second-order valence-corrected chi connectivity index (χ2v) is 4.66. The maximum Gasteiger partial charge on any atom is 0.192 e. The fourth-order valence-corrected chi connectivity index (χ4v) is 2.07. The molecular formula is C17H24O3. The lowest BCUT2D eigenvalue weighted by atomic mass is 9.99. The zero-order chi connectivity index (χ0) is 15.1. The van der Waals surface area contributed by atoms with Gasteiger partial charge in [0.15, 0.2) is 17.3 Å². The number of carbonyl (C=O) groups is 1. The van der Waals surface area contributed by atoms with Gasteiger partial charge in [-0.3, -0.25) is 4.79 Å². The van der Waals surface area contributed by atoms with Gasteiger partial charge in [0, 0.05) is 0 Å². The first-order valence-electron chi connectivity index (χ1n) is 7.18. The van der Waals surface area contributed by atoms with E-state index < -0.39 is 0 Å². The highest BCUT2D eigenvalue weighted by Crippen LogP contribution is 2.37. The molecule has 0 aliphatic rings. The number of ether oxygens (including phenoxy) is 2. The van der Waals surface area contributed by atoms with Gasteiger partial charge in [-0.15, -0.1) is 0 Å². The molecule has 0 spiro atoms. The van der Waals surface area contributed by atoms with Crippen molar-refractivity contribution in [2.45, 2.75) is 40.5 Å². The van der Waals surface area contributed by atoms with Crippen molar-refractivity contribution in [2.24, 2.45) is 0 Å². The molecule has 0 aliphatic carbocycles. The summed E-state index contributed by atoms with van der Waals surface area (Å²) in [6.45, 7) is 12.4. The van der Waals surface area contributed by atoms with E-state index in [0.29, 0.717) is 35.8 Å². The SMILES string of the molecule is C=C(C)C(=O)c1ccc(CCC)c(OCC)c1OCC. The first kappa shape index (κ1) is 16.3. The van der Waals surface area contributed by atoms with E-state index in [1.54, 1.807) is 6.92 Å². The first-order chi connectivity index (χ1) is 9.56. The van der Waals surface area contributed by atoms with Crippen molar-refractivity contribution in [3.05, 3.63) is 35.4 Å². The number of benzene rings is 1. The summed E-state index contributed by atoms with van der Waals surface area (Å²) in [5.41, 5.74) is 2.11. The molecule has 1 aromatic rings. The molecule has 0 fully saturated rings. The number of allylic oxidation sites excluding steroid dienone is 1. The molecule has 0 saturated heterocycles. The van der Waals surface area contributed by atoms with Crippen LogP contribution in [-0.2, 0) is 6.42 Å². The Bertz CT molecular complexity index is 489. The average molecular weight is 276 g/mol. The summed E-state index contributed by atoms with van der Waals surface area (Å²) < 4.78 is 11.4. The van der Waals surface area contributed by atoms with Crippen LogP contribution < -0.4 is 9.47 Å². The largest absolute Gasteiger partial charge is 0.490 e. The number of hydrogen-bond donors (Lipinski definition) is 0. The lowest BCUT2D eigenvalue weighted by Crippen LogP contribution is -2.09. The van der Waals surface area contributed by atoms with E-state index in [9.17, 15) is 4.79 Å². The van der Waals surface area contributed by atoms with Gasteiger partial charge in [0.25, 0.3) is 0 Å². The van der Waals surface area contributed by atoms with Gasteiger partial charge in [-0.25, -0.2) is 0 Å². The quantitative estimate of drug-likeness (QED) is 0.527. The Labute approximate surface area is 121 Å². The summed E-state index contributed by atoms with van der Waals surface area (Å²) in [6.07, 6.45) is 1.91. The van der Waals surface area contributed by atoms with Crippen molar-refractivity contribution >= 4 is 5.78 Å². The fraction of sp³-hybridized carbons (Fsp3) is 0.471. The van der Waals surface area contributed by atoms with Gasteiger partial charge in [0.2, 0.25) is 0 Å². The zero-order valence-corrected chi connectivity index (χ0v) is 12.9. The Morgan fingerprint density at radius 2 is 1.70 bits per heavy atom. The predicted molar refractivity (Wildman–Crippen MR) is 81.9 cm³/mol. The summed E-state index contributed by atoms with van der Waals surface area (Å²) in [4.78, 5) is 12.2. The second kappa shape index (κ2) is 7.73. The fourth-order valence-electron chi connectivity index (χ4n) is 2.07. The van der Waals surface area contributed by atoms with Crippen LogP contribution >= 0.6 is 0 Å². The van der Waals surface area contributed by atoms with Crippen molar-refractivity contribution in [1.82, 2.24) is 0 Å². The lowest BCUT2D eigenvalue weighted by molar-refractivity contribution is 0.103. The molecule has 0 radical (unpaired) electrons. The van der Waals surface area contributed by atoms with Crippen LogP contribution in [0.15, 0.2) is 24.3 Å². The van der Waals surface area contributed by atoms with Crippen LogP contribution in [0.1, 0.15) is 50.0 Å². The standard InChI is InChI=1S/C17H24O3/c1-6-9-13-10-11-14(15(18)12(4)5)17(20-8-3)16(13)19-7-2/h10-11H,4,6-9H2,1-3,5H3. The molecule has 0 aliphatic heterocycles. The van der Waals surface area contributed by atoms with Crippen molar-refractivity contribution in [1.29, 1.82) is 0 Å². The molecule has 0 aromatic heterocycles. The van der Waals surface area contributed by atoms with Gasteiger partial charge < -0.3 is 9.47 Å². The zero-order valence-electron chi connectivity index (χ0n) is 12.9. The maximum absolute atomic E-state index is 12.2. The minimum Gasteiger partial charge on any atom is -0.490 e. The molecule has 3 heteroatoms. The molecule has 0 atom stereocenters. The molecular weight excluding hydrogens is 252 g/mol. The van der Waals surface area contributed by atoms with Crippen LogP contribution in [-0.4, -0.2) is 19.0 Å². The highest BCUT2D eigenvalue weighted by atomic mass is 16.5. The normalized spacial score (nSPS) is 10.2. The maximum atomic E-state index is 12.2. The van der Waals surface area contributed by atoms with Crippen LogP contribution in [0.4, 0.5) is 0 Å². The Morgan fingerprint density at radius 1 is 1.10 bits per heavy atom. The Balaban J connectivity index is 3.41. The number of aryl methyl sites for hydroxylation is 1. The van der Waals surface area contributed by atoms with Crippen molar-refractivity contribution in [2.75, 3.05) is 13.2 Å². The summed E-state index contributed by atoms with van der Waals surface area (Å²) in [5.74, 6) is 1.15. The van der Waals surface area contributed by atoms with E-state index >= 15 is 0 Å². The van der Waals surface area contributed by atoms with Crippen LogP contribution in [0.5, 0.6) is 11.5 Å². The molecule has 0 heterocycles. The van der Waals surface area contributed by atoms with Crippen LogP contribution in [0.3, 0.4) is 0 Å². The molecule has 20 heavy (non-hydrogen) atoms. The Hall–Kier alpha value is -1.77. The minimum atomic E-state index is -0.0996. The van der Waals surface area contributed by atoms with E-state index in [1.807, 2.05) is 26.0 Å². The Kier molecular flexibility index (Phi) is 6.29. The molecule has 0 amide bonds. The molecule has 0 N–H and O–H groups in total. The van der Waals surface area contributed by atoms with E-state index in [4.69, 9.17) is 9.47 Å². The third-order valence-corrected chi connectivity index (χ3v) is 2.92. The van der Waals surface area contributed by atoms with E-state index in [0.717, 1.165) is 18.4 Å². The van der Waals surface area contributed by atoms with Gasteiger partial charge in [-0.1, -0.05) is 26.0 Å². The van der Waals surface area contributed by atoms with Crippen LogP contribution in [0.25, 0.3) is 0 Å². The molecule has 3 nitrogen and oxygen atoms in total. The summed E-state index contributed by atoms with van der Waals surface area (Å²) in [7, 11) is 0. The summed E-state index contributed by atoms with van der Waals surface area (Å²) >= 11 is 0. The van der Waals surface area contributed by atoms with Gasteiger partial charge in [0.05, 0.1) is 18.8 Å². The van der Waals surface area contributed by atoms with Crippen LogP contribution in [0, 0.1) is 0 Å². The molecule has 110 valence electrons. The van der Waals surface area contributed by atoms with Crippen molar-refractivity contribution in [3.8, 4) is 11.5 Å².